The lowest BCUT2D eigenvalue weighted by Gasteiger charge is -2.05. The third-order valence-electron chi connectivity index (χ3n) is 3.90. The second-order valence-electron chi connectivity index (χ2n) is 6.28. The summed E-state index contributed by atoms with van der Waals surface area (Å²) < 4.78 is 2.30. The molecule has 0 saturated carbocycles. The summed E-state index contributed by atoms with van der Waals surface area (Å²) in [4.78, 5) is 8.84. The van der Waals surface area contributed by atoms with E-state index in [1.807, 2.05) is 30.7 Å². The Morgan fingerprint density at radius 2 is 1.91 bits per heavy atom. The number of nitrogens with zero attached hydrogens (tertiary/aromatic N) is 3. The highest BCUT2D eigenvalue weighted by Gasteiger charge is 2.12. The van der Waals surface area contributed by atoms with Crippen LogP contribution in [0.1, 0.15) is 32.8 Å². The van der Waals surface area contributed by atoms with Crippen molar-refractivity contribution in [3.05, 3.63) is 48.5 Å². The van der Waals surface area contributed by atoms with Crippen LogP contribution in [0.5, 0.6) is 0 Å². The molecule has 0 aliphatic rings. The molecule has 0 fully saturated rings. The summed E-state index contributed by atoms with van der Waals surface area (Å²) in [5.74, 6) is 0.644. The van der Waals surface area contributed by atoms with E-state index >= 15 is 0 Å². The molecule has 0 spiro atoms. The monoisotopic (exact) mass is 293 g/mol. The highest BCUT2D eigenvalue weighted by molar-refractivity contribution is 5.85. The molecule has 3 rings (SSSR count). The molecule has 0 bridgehead atoms. The Kier molecular flexibility index (Phi) is 4.23. The van der Waals surface area contributed by atoms with E-state index in [0.29, 0.717) is 5.92 Å². The zero-order chi connectivity index (χ0) is 15.5. The molecule has 3 aromatic heterocycles. The fourth-order valence-corrected chi connectivity index (χ4v) is 2.96. The van der Waals surface area contributed by atoms with Crippen molar-refractivity contribution in [2.24, 2.45) is 5.92 Å². The molecule has 0 radical (unpaired) electrons. The van der Waals surface area contributed by atoms with Gasteiger partial charge in [-0.05, 0) is 48.1 Å². The van der Waals surface area contributed by atoms with Crippen LogP contribution in [0.15, 0.2) is 43.0 Å². The predicted molar refractivity (Wildman–Crippen MR) is 91.8 cm³/mol. The maximum atomic E-state index is 4.75. The molecule has 0 unspecified atom stereocenters. The van der Waals surface area contributed by atoms with Gasteiger partial charge < -0.3 is 4.57 Å². The Labute approximate surface area is 132 Å². The van der Waals surface area contributed by atoms with Crippen LogP contribution in [0.2, 0.25) is 0 Å². The first-order valence-corrected chi connectivity index (χ1v) is 8.07. The third-order valence-corrected chi connectivity index (χ3v) is 3.90. The lowest BCUT2D eigenvalue weighted by atomic mass is 10.0. The van der Waals surface area contributed by atoms with Crippen LogP contribution in [-0.4, -0.2) is 14.5 Å². The zero-order valence-electron chi connectivity index (χ0n) is 13.6. The van der Waals surface area contributed by atoms with Crippen LogP contribution in [0.25, 0.3) is 22.2 Å². The first-order chi connectivity index (χ1) is 10.7. The average molecular weight is 293 g/mol. The molecular formula is C19H23N3. The summed E-state index contributed by atoms with van der Waals surface area (Å²) in [6.45, 7) is 7.77. The Hall–Kier alpha value is -2.16. The van der Waals surface area contributed by atoms with Gasteiger partial charge >= 0.3 is 0 Å². The fourth-order valence-electron chi connectivity index (χ4n) is 2.96. The first-order valence-electron chi connectivity index (χ1n) is 8.07. The van der Waals surface area contributed by atoms with Crippen molar-refractivity contribution < 1.29 is 0 Å². The molecule has 3 nitrogen and oxygen atoms in total. The summed E-state index contributed by atoms with van der Waals surface area (Å²) in [6, 6.07) is 6.35. The van der Waals surface area contributed by atoms with Crippen molar-refractivity contribution in [1.29, 1.82) is 0 Å². The van der Waals surface area contributed by atoms with Gasteiger partial charge in [-0.25, -0.2) is 4.98 Å². The molecule has 3 heterocycles. The molecule has 0 atom stereocenters. The van der Waals surface area contributed by atoms with Gasteiger partial charge in [0, 0.05) is 42.3 Å². The quantitative estimate of drug-likeness (QED) is 0.682. The summed E-state index contributed by atoms with van der Waals surface area (Å²) in [6.07, 6.45) is 10.1. The minimum atomic E-state index is 0.644. The predicted octanol–water partition coefficient (Wildman–Crippen LogP) is 4.71. The van der Waals surface area contributed by atoms with Crippen LogP contribution in [0.3, 0.4) is 0 Å². The van der Waals surface area contributed by atoms with E-state index in [0.717, 1.165) is 30.6 Å². The number of hydrogen-bond acceptors (Lipinski definition) is 2. The highest BCUT2D eigenvalue weighted by Crippen LogP contribution is 2.27. The maximum Gasteiger partial charge on any atom is 0.140 e. The minimum Gasteiger partial charge on any atom is -0.332 e. The van der Waals surface area contributed by atoms with Crippen LogP contribution in [0, 0.1) is 5.92 Å². The van der Waals surface area contributed by atoms with Gasteiger partial charge in [0.15, 0.2) is 0 Å². The van der Waals surface area contributed by atoms with Crippen LogP contribution in [0.4, 0.5) is 0 Å². The number of pyridine rings is 2. The molecule has 0 aliphatic carbocycles. The Balaban J connectivity index is 2.12. The largest absolute Gasteiger partial charge is 0.332 e. The summed E-state index contributed by atoms with van der Waals surface area (Å²) >= 11 is 0. The maximum absolute atomic E-state index is 4.75. The number of rotatable bonds is 5. The van der Waals surface area contributed by atoms with Gasteiger partial charge in [-0.2, -0.15) is 0 Å². The summed E-state index contributed by atoms with van der Waals surface area (Å²) in [5, 5.41) is 1.29. The SMILES string of the molecule is CCCn1cc(CC(C)C)c2cc(-c3ccncc3)cnc21. The van der Waals surface area contributed by atoms with E-state index in [1.54, 1.807) is 0 Å². The van der Waals surface area contributed by atoms with Gasteiger partial charge in [-0.15, -0.1) is 0 Å². The van der Waals surface area contributed by atoms with Crippen LogP contribution < -0.4 is 0 Å². The summed E-state index contributed by atoms with van der Waals surface area (Å²) in [7, 11) is 0. The van der Waals surface area contributed by atoms with Crippen molar-refractivity contribution in [1.82, 2.24) is 14.5 Å². The zero-order valence-corrected chi connectivity index (χ0v) is 13.6. The van der Waals surface area contributed by atoms with Gasteiger partial charge in [-0.3, -0.25) is 4.98 Å². The van der Waals surface area contributed by atoms with Gasteiger partial charge in [0.1, 0.15) is 5.65 Å². The molecule has 0 saturated heterocycles. The Bertz CT molecular complexity index is 757. The molecule has 0 N–H and O–H groups in total. The first kappa shape index (κ1) is 14.8. The second kappa shape index (κ2) is 6.30. The number of hydrogen-bond donors (Lipinski definition) is 0. The molecule has 0 amide bonds. The van der Waals surface area contributed by atoms with E-state index in [9.17, 15) is 0 Å². The molecule has 0 aliphatic heterocycles. The third kappa shape index (κ3) is 2.89. The number of fused-ring (bicyclic) bond motifs is 1. The standard InChI is InChI=1S/C19H23N3/c1-4-9-22-13-17(10-14(2)3)18-11-16(12-21-19(18)22)15-5-7-20-8-6-15/h5-8,11-14H,4,9-10H2,1-3H3. The van der Waals surface area contributed by atoms with E-state index < -0.39 is 0 Å². The molecule has 3 heteroatoms. The average Bonchev–Trinajstić information content (AvgIpc) is 2.85. The van der Waals surface area contributed by atoms with E-state index in [2.05, 4.69) is 42.6 Å². The summed E-state index contributed by atoms with van der Waals surface area (Å²) in [5.41, 5.74) is 4.84. The van der Waals surface area contributed by atoms with Gasteiger partial charge in [0.05, 0.1) is 0 Å². The lowest BCUT2D eigenvalue weighted by Crippen LogP contribution is -1.96. The Morgan fingerprint density at radius 1 is 1.14 bits per heavy atom. The van der Waals surface area contributed by atoms with Gasteiger partial charge in [-0.1, -0.05) is 20.8 Å². The van der Waals surface area contributed by atoms with Crippen molar-refractivity contribution in [2.45, 2.75) is 40.2 Å². The fraction of sp³-hybridized carbons (Fsp3) is 0.368. The molecular weight excluding hydrogens is 270 g/mol. The number of aryl methyl sites for hydroxylation is 1. The van der Waals surface area contributed by atoms with Crippen LogP contribution >= 0.6 is 0 Å². The van der Waals surface area contributed by atoms with Gasteiger partial charge in [0.25, 0.3) is 0 Å². The van der Waals surface area contributed by atoms with Crippen LogP contribution in [-0.2, 0) is 13.0 Å². The van der Waals surface area contributed by atoms with E-state index in [-0.39, 0.29) is 0 Å². The normalized spacial score (nSPS) is 11.5. The molecule has 3 aromatic rings. The van der Waals surface area contributed by atoms with E-state index in [4.69, 9.17) is 4.98 Å². The van der Waals surface area contributed by atoms with Gasteiger partial charge in [0.2, 0.25) is 0 Å². The highest BCUT2D eigenvalue weighted by atomic mass is 15.0. The second-order valence-corrected chi connectivity index (χ2v) is 6.28. The molecule has 0 aromatic carbocycles. The van der Waals surface area contributed by atoms with Crippen molar-refractivity contribution in [2.75, 3.05) is 0 Å². The lowest BCUT2D eigenvalue weighted by molar-refractivity contribution is 0.642. The smallest absolute Gasteiger partial charge is 0.140 e. The number of aromatic nitrogens is 3. The van der Waals surface area contributed by atoms with E-state index in [1.165, 1.54) is 16.5 Å². The van der Waals surface area contributed by atoms with Crippen molar-refractivity contribution in [3.63, 3.8) is 0 Å². The minimum absolute atomic E-state index is 0.644. The molecule has 114 valence electrons. The molecule has 22 heavy (non-hydrogen) atoms. The van der Waals surface area contributed by atoms with Crippen molar-refractivity contribution >= 4 is 11.0 Å². The topological polar surface area (TPSA) is 30.7 Å². The van der Waals surface area contributed by atoms with Crippen molar-refractivity contribution in [3.8, 4) is 11.1 Å². The Morgan fingerprint density at radius 3 is 2.59 bits per heavy atom.